The first-order valence-corrected chi connectivity index (χ1v) is 12.9. The van der Waals surface area contributed by atoms with E-state index in [1.165, 1.54) is 24.3 Å². The van der Waals surface area contributed by atoms with E-state index in [1.54, 1.807) is 6.07 Å². The van der Waals surface area contributed by atoms with E-state index in [0.717, 1.165) is 30.0 Å². The zero-order valence-corrected chi connectivity index (χ0v) is 19.5. The minimum absolute atomic E-state index is 0.0759. The Labute approximate surface area is 197 Å². The summed E-state index contributed by atoms with van der Waals surface area (Å²) in [6.45, 7) is 0.112. The summed E-state index contributed by atoms with van der Waals surface area (Å²) in [4.78, 5) is 16.8. The average Bonchev–Trinajstić information content (AvgIpc) is 3.21. The molecule has 1 heterocycles. The van der Waals surface area contributed by atoms with Crippen LogP contribution in [0.4, 0.5) is 8.78 Å². The molecule has 0 saturated carbocycles. The molecule has 1 aliphatic heterocycles. The van der Waals surface area contributed by atoms with Gasteiger partial charge in [0, 0.05) is 18.9 Å². The number of amidine groups is 1. The van der Waals surface area contributed by atoms with E-state index in [4.69, 9.17) is 5.73 Å². The van der Waals surface area contributed by atoms with Gasteiger partial charge in [-0.2, -0.15) is 0 Å². The van der Waals surface area contributed by atoms with Crippen molar-refractivity contribution in [2.45, 2.75) is 61.4 Å². The van der Waals surface area contributed by atoms with E-state index >= 15 is 0 Å². The van der Waals surface area contributed by atoms with Crippen molar-refractivity contribution in [3.05, 3.63) is 65.2 Å². The Morgan fingerprint density at radius 3 is 2.76 bits per heavy atom. The number of nitrogens with two attached hydrogens (primary N) is 1. The van der Waals surface area contributed by atoms with E-state index in [0.29, 0.717) is 31.5 Å². The monoisotopic (exact) mass is 490 g/mol. The highest BCUT2D eigenvalue weighted by molar-refractivity contribution is 7.89. The highest BCUT2D eigenvalue weighted by Gasteiger charge is 2.36. The number of hydrogen-bond acceptors (Lipinski definition) is 5. The molecule has 2 aromatic carbocycles. The number of carbonyl (C=O) groups is 1. The molecule has 10 heteroatoms. The first-order chi connectivity index (χ1) is 16.2. The summed E-state index contributed by atoms with van der Waals surface area (Å²) in [7, 11) is -3.93. The van der Waals surface area contributed by atoms with Gasteiger partial charge in [-0.15, -0.1) is 0 Å². The lowest BCUT2D eigenvalue weighted by Gasteiger charge is -2.26. The Morgan fingerprint density at radius 2 is 1.97 bits per heavy atom. The smallest absolute Gasteiger partial charge is 0.243 e. The normalized spacial score (nSPS) is 20.3. The number of sulfonamides is 1. The molecule has 0 aromatic heterocycles. The molecule has 0 fully saturated rings. The largest absolute Gasteiger partial charge is 0.320 e. The summed E-state index contributed by atoms with van der Waals surface area (Å²) in [5, 5.41) is 2.83. The van der Waals surface area contributed by atoms with Gasteiger partial charge < -0.3 is 11.1 Å². The molecule has 0 saturated heterocycles. The van der Waals surface area contributed by atoms with Crippen LogP contribution in [0.3, 0.4) is 0 Å². The van der Waals surface area contributed by atoms with E-state index in [1.807, 2.05) is 6.07 Å². The maximum absolute atomic E-state index is 13.7. The fourth-order valence-corrected chi connectivity index (χ4v) is 5.76. The Morgan fingerprint density at radius 1 is 1.18 bits per heavy atom. The maximum atomic E-state index is 13.7. The van der Waals surface area contributed by atoms with Crippen LogP contribution in [0, 0.1) is 11.6 Å². The Kier molecular flexibility index (Phi) is 7.39. The number of halogens is 2. The van der Waals surface area contributed by atoms with Crippen molar-refractivity contribution in [2.75, 3.05) is 6.54 Å². The summed E-state index contributed by atoms with van der Waals surface area (Å²) < 4.78 is 54.0. The Balaban J connectivity index is 1.21. The molecule has 2 unspecified atom stereocenters. The molecule has 0 bridgehead atoms. The van der Waals surface area contributed by atoms with E-state index in [9.17, 15) is 22.0 Å². The van der Waals surface area contributed by atoms with Crippen molar-refractivity contribution in [1.82, 2.24) is 10.0 Å². The second kappa shape index (κ2) is 10.3. The summed E-state index contributed by atoms with van der Waals surface area (Å²) >= 11 is 0. The van der Waals surface area contributed by atoms with Crippen LogP contribution >= 0.6 is 0 Å². The number of unbranched alkanes of at least 4 members (excludes halogenated alkanes) is 1. The molecule has 3 atom stereocenters. The van der Waals surface area contributed by atoms with Crippen molar-refractivity contribution in [2.24, 2.45) is 10.7 Å². The number of benzene rings is 2. The van der Waals surface area contributed by atoms with Gasteiger partial charge in [0.2, 0.25) is 15.9 Å². The van der Waals surface area contributed by atoms with Crippen molar-refractivity contribution in [3.63, 3.8) is 0 Å². The lowest BCUT2D eigenvalue weighted by Crippen LogP contribution is -2.43. The topological polar surface area (TPSA) is 114 Å². The van der Waals surface area contributed by atoms with Crippen molar-refractivity contribution in [1.29, 1.82) is 0 Å². The standard InChI is InChI=1S/C24H28F2N4O3S/c25-16-9-10-17-15(13-16)8-11-21-18(17)14-23(29-21)30-24(31)20(27)6-3-4-12-28-34(32,33)22-7-2-1-5-19(22)26/h1-2,5,7,9-10,13,18,20-21,28H,3-4,6,8,11-12,14,27H2,(H,29,30,31)/t18?,20-,21?/m0/s1. The third kappa shape index (κ3) is 5.51. The molecule has 34 heavy (non-hydrogen) atoms. The van der Waals surface area contributed by atoms with Crippen LogP contribution < -0.4 is 15.8 Å². The molecule has 0 spiro atoms. The Hall–Kier alpha value is -2.69. The minimum atomic E-state index is -3.93. The number of fused-ring (bicyclic) bond motifs is 3. The van der Waals surface area contributed by atoms with Gasteiger partial charge in [0.05, 0.1) is 12.1 Å². The summed E-state index contributed by atoms with van der Waals surface area (Å²) in [5.41, 5.74) is 8.11. The number of carbonyl (C=O) groups excluding carboxylic acids is 1. The first-order valence-electron chi connectivity index (χ1n) is 11.4. The predicted molar refractivity (Wildman–Crippen MR) is 125 cm³/mol. The van der Waals surface area contributed by atoms with Crippen LogP contribution in [0.5, 0.6) is 0 Å². The minimum Gasteiger partial charge on any atom is -0.320 e. The zero-order valence-electron chi connectivity index (χ0n) is 18.6. The van der Waals surface area contributed by atoms with Gasteiger partial charge in [-0.1, -0.05) is 24.6 Å². The second-order valence-corrected chi connectivity index (χ2v) is 10.5. The summed E-state index contributed by atoms with van der Waals surface area (Å²) in [6.07, 6.45) is 3.50. The van der Waals surface area contributed by atoms with Gasteiger partial charge in [0.25, 0.3) is 0 Å². The van der Waals surface area contributed by atoms with Crippen molar-refractivity contribution < 1.29 is 22.0 Å². The van der Waals surface area contributed by atoms with Crippen LogP contribution in [0.25, 0.3) is 0 Å². The molecule has 1 aliphatic carbocycles. The number of rotatable bonds is 8. The summed E-state index contributed by atoms with van der Waals surface area (Å²) in [6, 6.07) is 9.35. The molecule has 182 valence electrons. The van der Waals surface area contributed by atoms with Gasteiger partial charge >= 0.3 is 0 Å². The molecule has 2 aliphatic rings. The molecule has 1 amide bonds. The molecule has 0 radical (unpaired) electrons. The molecule has 4 rings (SSSR count). The maximum Gasteiger partial charge on any atom is 0.243 e. The quantitative estimate of drug-likeness (QED) is 0.494. The second-order valence-electron chi connectivity index (χ2n) is 8.76. The molecular formula is C24H28F2N4O3S. The van der Waals surface area contributed by atoms with E-state index in [2.05, 4.69) is 15.0 Å². The molecular weight excluding hydrogens is 462 g/mol. The van der Waals surface area contributed by atoms with Gasteiger partial charge in [-0.05, 0) is 61.1 Å². The number of aliphatic imine (C=N–C) groups is 1. The van der Waals surface area contributed by atoms with Crippen LogP contribution in [-0.2, 0) is 21.2 Å². The predicted octanol–water partition coefficient (Wildman–Crippen LogP) is 2.76. The van der Waals surface area contributed by atoms with E-state index in [-0.39, 0.29) is 30.2 Å². The number of nitrogens with zero attached hydrogens (tertiary/aromatic N) is 1. The van der Waals surface area contributed by atoms with Gasteiger partial charge in [-0.3, -0.25) is 9.79 Å². The highest BCUT2D eigenvalue weighted by Crippen LogP contribution is 2.39. The number of aryl methyl sites for hydroxylation is 1. The van der Waals surface area contributed by atoms with E-state index < -0.39 is 26.8 Å². The molecule has 2 aromatic rings. The van der Waals surface area contributed by atoms with Gasteiger partial charge in [0.15, 0.2) is 0 Å². The highest BCUT2D eigenvalue weighted by atomic mass is 32.2. The number of hydrogen-bond donors (Lipinski definition) is 3. The lowest BCUT2D eigenvalue weighted by atomic mass is 9.79. The molecule has 7 nitrogen and oxygen atoms in total. The number of amides is 1. The third-order valence-electron chi connectivity index (χ3n) is 6.38. The molecule has 4 N–H and O–H groups in total. The van der Waals surface area contributed by atoms with Gasteiger partial charge in [0.1, 0.15) is 22.4 Å². The van der Waals surface area contributed by atoms with Crippen LogP contribution in [0.2, 0.25) is 0 Å². The van der Waals surface area contributed by atoms with Crippen LogP contribution in [-0.4, -0.2) is 38.8 Å². The summed E-state index contributed by atoms with van der Waals surface area (Å²) in [5.74, 6) is -0.637. The SMILES string of the molecule is N[C@@H](CCCCNS(=O)(=O)c1ccccc1F)C(=O)NC1=NC2CCc3cc(F)ccc3C2C1. The van der Waals surface area contributed by atoms with Crippen molar-refractivity contribution in [3.8, 4) is 0 Å². The average molecular weight is 491 g/mol. The van der Waals surface area contributed by atoms with Crippen LogP contribution in [0.15, 0.2) is 52.4 Å². The fourth-order valence-electron chi connectivity index (χ4n) is 4.61. The first kappa shape index (κ1) is 24.4. The fraction of sp³-hybridized carbons (Fsp3) is 0.417. The Bertz CT molecular complexity index is 1200. The lowest BCUT2D eigenvalue weighted by molar-refractivity contribution is -0.121. The van der Waals surface area contributed by atoms with Crippen molar-refractivity contribution >= 4 is 21.8 Å². The third-order valence-corrected chi connectivity index (χ3v) is 7.87. The zero-order chi connectivity index (χ0) is 24.3. The van der Waals surface area contributed by atoms with Gasteiger partial charge in [-0.25, -0.2) is 21.9 Å². The van der Waals surface area contributed by atoms with Crippen LogP contribution in [0.1, 0.15) is 49.1 Å². The number of nitrogens with one attached hydrogen (secondary N) is 2.